The summed E-state index contributed by atoms with van der Waals surface area (Å²) in [6.45, 7) is 13.7. The number of aromatic nitrogens is 4. The van der Waals surface area contributed by atoms with E-state index in [9.17, 15) is 8.42 Å². The number of ether oxygens (including phenoxy) is 3. The van der Waals surface area contributed by atoms with E-state index in [0.717, 1.165) is 43.1 Å². The molecule has 1 aromatic carbocycles. The van der Waals surface area contributed by atoms with E-state index < -0.39 is 10.0 Å². The van der Waals surface area contributed by atoms with Gasteiger partial charge in [-0.3, -0.25) is 4.72 Å². The van der Waals surface area contributed by atoms with Crippen LogP contribution in [0.1, 0.15) is 105 Å². The fourth-order valence-corrected chi connectivity index (χ4v) is 7.95. The Morgan fingerprint density at radius 2 is 1.62 bits per heavy atom. The van der Waals surface area contributed by atoms with Crippen LogP contribution in [-0.2, 0) is 19.5 Å². The molecule has 0 amide bonds. The smallest absolute Gasteiger partial charge is 0.232 e. The Balaban J connectivity index is 1.52. The Hall–Kier alpha value is -3.40. The lowest BCUT2D eigenvalue weighted by molar-refractivity contribution is 0.0741. The number of methoxy groups -OCH3 is 2. The predicted molar refractivity (Wildman–Crippen MR) is 212 cm³/mol. The number of hydrogen-bond donors (Lipinski definition) is 1. The Morgan fingerprint density at radius 3 is 2.27 bits per heavy atom. The highest BCUT2D eigenvalue weighted by Crippen LogP contribution is 2.36. The largest absolute Gasteiger partial charge is 0.497 e. The molecule has 4 rings (SSSR count). The molecule has 2 aromatic heterocycles. The van der Waals surface area contributed by atoms with Crippen LogP contribution in [0.4, 0.5) is 15.8 Å². The monoisotopic (exact) mass is 758 g/mol. The second kappa shape index (κ2) is 20.2. The Labute approximate surface area is 314 Å². The van der Waals surface area contributed by atoms with Crippen LogP contribution in [0.25, 0.3) is 11.4 Å². The second-order valence-electron chi connectivity index (χ2n) is 14.0. The number of fused-ring (bicyclic) bond motifs is 1. The molecule has 0 fully saturated rings. The summed E-state index contributed by atoms with van der Waals surface area (Å²) in [5, 5.41) is 15.5. The minimum Gasteiger partial charge on any atom is -0.497 e. The van der Waals surface area contributed by atoms with Crippen LogP contribution >= 0.6 is 11.3 Å². The van der Waals surface area contributed by atoms with Crippen LogP contribution in [0.2, 0.25) is 0 Å². The molecular weight excluding hydrogens is 701 g/mol. The van der Waals surface area contributed by atoms with Crippen molar-refractivity contribution in [2.45, 2.75) is 98.8 Å². The van der Waals surface area contributed by atoms with Gasteiger partial charge in [0.25, 0.3) is 0 Å². The predicted octanol–water partition coefficient (Wildman–Crippen LogP) is 7.95. The van der Waals surface area contributed by atoms with Crippen molar-refractivity contribution in [3.05, 3.63) is 30.2 Å². The SMILES string of the molecule is CCCCCCCCCCCCS(=O)(=O)Nc1ccc(OC)cc1-c1nnc2n1N=C(C(C)(C)C)/C2=N/c1ncc(N(CC)CCOCCOC)s1. The summed E-state index contributed by atoms with van der Waals surface area (Å²) >= 11 is 1.48. The maximum absolute atomic E-state index is 13.3. The van der Waals surface area contributed by atoms with Crippen LogP contribution in [0.5, 0.6) is 5.75 Å². The lowest BCUT2D eigenvalue weighted by Crippen LogP contribution is -2.27. The van der Waals surface area contributed by atoms with Gasteiger partial charge in [0.05, 0.1) is 50.3 Å². The van der Waals surface area contributed by atoms with Gasteiger partial charge in [-0.25, -0.2) is 18.4 Å². The molecule has 0 spiro atoms. The lowest BCUT2D eigenvalue weighted by atomic mass is 9.87. The molecule has 15 heteroatoms. The molecule has 1 N–H and O–H groups in total. The molecule has 0 saturated heterocycles. The zero-order valence-corrected chi connectivity index (χ0v) is 33.7. The van der Waals surface area contributed by atoms with Crippen molar-refractivity contribution < 1.29 is 22.6 Å². The summed E-state index contributed by atoms with van der Waals surface area (Å²) < 4.78 is 47.3. The highest BCUT2D eigenvalue weighted by molar-refractivity contribution is 7.92. The number of rotatable bonds is 24. The van der Waals surface area contributed by atoms with Crippen molar-refractivity contribution in [3.63, 3.8) is 0 Å². The van der Waals surface area contributed by atoms with Crippen molar-refractivity contribution in [3.8, 4) is 17.1 Å². The van der Waals surface area contributed by atoms with Gasteiger partial charge in [-0.2, -0.15) is 9.78 Å². The standard InChI is InChI=1S/C37H58N8O5S2/c1-8-10-11-12-13-14-15-16-17-18-25-52(46,47)43-30-20-19-28(49-7)26-29(30)34-40-41-35-32(33(37(3,4)5)42-45(34)35)39-36-38-27-31(51-36)44(9-2)21-22-50-24-23-48-6/h19-20,26-27,43H,8-18,21-25H2,1-7H3/b39-32-. The summed E-state index contributed by atoms with van der Waals surface area (Å²) in [6.07, 6.45) is 13.1. The van der Waals surface area contributed by atoms with E-state index in [1.165, 1.54) is 49.9 Å². The molecule has 1 aliphatic rings. The summed E-state index contributed by atoms with van der Waals surface area (Å²) in [7, 11) is -0.397. The third kappa shape index (κ3) is 11.8. The molecule has 0 unspecified atom stereocenters. The van der Waals surface area contributed by atoms with Gasteiger partial charge in [0, 0.05) is 31.2 Å². The normalized spacial score (nSPS) is 13.8. The molecule has 3 aromatic rings. The average molecular weight is 759 g/mol. The van der Waals surface area contributed by atoms with Crippen LogP contribution in [0.15, 0.2) is 34.5 Å². The number of aliphatic imine (C=N–C) groups is 1. The molecule has 52 heavy (non-hydrogen) atoms. The van der Waals surface area contributed by atoms with Crippen molar-refractivity contribution in [2.24, 2.45) is 15.5 Å². The summed E-state index contributed by atoms with van der Waals surface area (Å²) in [5.74, 6) is 1.43. The van der Waals surface area contributed by atoms with Gasteiger partial charge in [-0.15, -0.1) is 10.2 Å². The average Bonchev–Trinajstić information content (AvgIpc) is 3.84. The quantitative estimate of drug-likeness (QED) is 0.0900. The van der Waals surface area contributed by atoms with E-state index in [0.29, 0.717) is 65.7 Å². The van der Waals surface area contributed by atoms with Gasteiger partial charge < -0.3 is 19.1 Å². The highest BCUT2D eigenvalue weighted by atomic mass is 32.2. The second-order valence-corrected chi connectivity index (χ2v) is 16.8. The molecule has 3 heterocycles. The highest BCUT2D eigenvalue weighted by Gasteiger charge is 2.36. The molecule has 288 valence electrons. The molecular formula is C37H58N8O5S2. The summed E-state index contributed by atoms with van der Waals surface area (Å²) in [6, 6.07) is 5.18. The lowest BCUT2D eigenvalue weighted by Gasteiger charge is -2.20. The van der Waals surface area contributed by atoms with Crippen molar-refractivity contribution in [1.29, 1.82) is 0 Å². The number of thiazole rings is 1. The maximum atomic E-state index is 13.3. The first-order valence-electron chi connectivity index (χ1n) is 18.6. The Morgan fingerprint density at radius 1 is 0.923 bits per heavy atom. The van der Waals surface area contributed by atoms with E-state index in [4.69, 9.17) is 24.3 Å². The number of unbranched alkanes of at least 4 members (excludes halogenated alkanes) is 9. The summed E-state index contributed by atoms with van der Waals surface area (Å²) in [4.78, 5) is 11.8. The fraction of sp³-hybridized carbons (Fsp3) is 0.649. The van der Waals surface area contributed by atoms with Gasteiger partial charge in [0.1, 0.15) is 16.5 Å². The molecule has 0 aliphatic carbocycles. The first-order chi connectivity index (χ1) is 25.0. The number of benzene rings is 1. The first kappa shape index (κ1) is 41.4. The van der Waals surface area contributed by atoms with E-state index in [1.807, 2.05) is 6.20 Å². The Kier molecular flexibility index (Phi) is 16.0. The van der Waals surface area contributed by atoms with Gasteiger partial charge in [0.15, 0.2) is 5.82 Å². The van der Waals surface area contributed by atoms with Crippen LogP contribution in [0.3, 0.4) is 0 Å². The number of likely N-dealkylation sites (N-methyl/N-ethyl adjacent to an activating group) is 1. The minimum atomic E-state index is -3.62. The molecule has 0 bridgehead atoms. The molecule has 13 nitrogen and oxygen atoms in total. The number of nitrogens with one attached hydrogen (secondary N) is 1. The number of hydrogen-bond acceptors (Lipinski definition) is 12. The third-order valence-electron chi connectivity index (χ3n) is 8.81. The molecule has 1 aliphatic heterocycles. The number of nitrogens with zero attached hydrogens (tertiary/aromatic N) is 7. The van der Waals surface area contributed by atoms with Crippen molar-refractivity contribution in [2.75, 3.05) is 62.5 Å². The number of anilines is 2. The van der Waals surface area contributed by atoms with Crippen LogP contribution < -0.4 is 14.4 Å². The molecule has 0 atom stereocenters. The first-order valence-corrected chi connectivity index (χ1v) is 21.1. The minimum absolute atomic E-state index is 0.0438. The molecule has 0 radical (unpaired) electrons. The zero-order valence-electron chi connectivity index (χ0n) is 32.1. The zero-order chi connectivity index (χ0) is 37.6. The third-order valence-corrected chi connectivity index (χ3v) is 11.1. The van der Waals surface area contributed by atoms with Gasteiger partial charge >= 0.3 is 0 Å². The number of sulfonamides is 1. The summed E-state index contributed by atoms with van der Waals surface area (Å²) in [5.41, 5.74) is 1.80. The molecule has 0 saturated carbocycles. The Bertz CT molecular complexity index is 1730. The van der Waals surface area contributed by atoms with Gasteiger partial charge in [-0.05, 0) is 31.5 Å². The van der Waals surface area contributed by atoms with Gasteiger partial charge in [0.2, 0.25) is 21.0 Å². The van der Waals surface area contributed by atoms with Crippen molar-refractivity contribution >= 4 is 48.6 Å². The van der Waals surface area contributed by atoms with Crippen LogP contribution in [0, 0.1) is 5.41 Å². The topological polar surface area (TPSA) is 145 Å². The van der Waals surface area contributed by atoms with Gasteiger partial charge in [-0.1, -0.05) is 96.8 Å². The van der Waals surface area contributed by atoms with E-state index in [2.05, 4.69) is 59.4 Å². The maximum Gasteiger partial charge on any atom is 0.232 e. The fourth-order valence-electron chi connectivity index (χ4n) is 5.87. The van der Waals surface area contributed by atoms with E-state index in [-0.39, 0.29) is 11.2 Å². The van der Waals surface area contributed by atoms with Crippen LogP contribution in [-0.4, -0.2) is 92.6 Å². The van der Waals surface area contributed by atoms with Crippen molar-refractivity contribution in [1.82, 2.24) is 19.9 Å². The van der Waals surface area contributed by atoms with E-state index >= 15 is 0 Å². The van der Waals surface area contributed by atoms with E-state index in [1.54, 1.807) is 37.1 Å².